The maximum Gasteiger partial charge on any atom is 0.490 e. The van der Waals surface area contributed by atoms with Gasteiger partial charge in [-0.2, -0.15) is 13.2 Å². The number of halogens is 3. The van der Waals surface area contributed by atoms with Crippen molar-refractivity contribution in [3.05, 3.63) is 59.7 Å². The number of likely N-dealkylation sites (tertiary alicyclic amines) is 1. The molecule has 1 fully saturated rings. The Morgan fingerprint density at radius 2 is 1.43 bits per heavy atom. The number of carboxylic acids is 1. The Kier molecular flexibility index (Phi) is 13.3. The van der Waals surface area contributed by atoms with Crippen LogP contribution in [0.5, 0.6) is 0 Å². The summed E-state index contributed by atoms with van der Waals surface area (Å²) in [5.41, 5.74) is 7.36. The lowest BCUT2D eigenvalue weighted by Gasteiger charge is -2.32. The second-order valence-corrected chi connectivity index (χ2v) is 11.7. The fraction of sp³-hybridized carbons (Fsp3) is 0.419. The average Bonchev–Trinajstić information content (AvgIpc) is 2.96. The number of hydrogen-bond donors (Lipinski definition) is 6. The minimum Gasteiger partial charge on any atom is -0.475 e. The van der Waals surface area contributed by atoms with Gasteiger partial charge in [0.25, 0.3) is 0 Å². The number of piperidine rings is 1. The maximum atomic E-state index is 12.8. The molecule has 1 aliphatic rings. The lowest BCUT2D eigenvalue weighted by atomic mass is 9.96. The quantitative estimate of drug-likeness (QED) is 0.135. The molecular formula is C31H39F3N6O7. The summed E-state index contributed by atoms with van der Waals surface area (Å²) in [6.07, 6.45) is -4.67. The van der Waals surface area contributed by atoms with E-state index in [4.69, 9.17) is 25.8 Å². The second-order valence-electron chi connectivity index (χ2n) is 11.7. The largest absolute Gasteiger partial charge is 0.490 e. The number of benzene rings is 2. The number of amides is 4. The molecule has 0 aliphatic carbocycles. The SMILES string of the molecule is CC(NC(=O)CC(=O)Nc1ccc(C(=N)N)cc1)c1ccc(NC(=O)C2CCN(C(=O)OC(C)(C)C)CC2)cc1.O=C(O)C(F)(F)F. The second kappa shape index (κ2) is 16.4. The van der Waals surface area contributed by atoms with Crippen LogP contribution in [0, 0.1) is 11.3 Å². The Morgan fingerprint density at radius 1 is 0.936 bits per heavy atom. The number of anilines is 2. The molecule has 0 aromatic heterocycles. The van der Waals surface area contributed by atoms with Crippen LogP contribution in [-0.2, 0) is 23.9 Å². The molecule has 0 spiro atoms. The highest BCUT2D eigenvalue weighted by atomic mass is 19.4. The molecule has 7 N–H and O–H groups in total. The number of rotatable bonds is 8. The number of carbonyl (C=O) groups is 5. The van der Waals surface area contributed by atoms with E-state index in [1.807, 2.05) is 39.8 Å². The van der Waals surface area contributed by atoms with Gasteiger partial charge in [-0.15, -0.1) is 0 Å². The van der Waals surface area contributed by atoms with Crippen LogP contribution >= 0.6 is 0 Å². The molecular weight excluding hydrogens is 625 g/mol. The van der Waals surface area contributed by atoms with Crippen LogP contribution in [0.3, 0.4) is 0 Å². The number of hydrogen-bond acceptors (Lipinski definition) is 7. The number of nitrogens with two attached hydrogens (primary N) is 1. The molecule has 0 radical (unpaired) electrons. The predicted molar refractivity (Wildman–Crippen MR) is 167 cm³/mol. The van der Waals surface area contributed by atoms with E-state index < -0.39 is 29.6 Å². The molecule has 0 bridgehead atoms. The topological polar surface area (TPSA) is 204 Å². The van der Waals surface area contributed by atoms with E-state index in [0.29, 0.717) is 42.9 Å². The Morgan fingerprint density at radius 3 is 1.89 bits per heavy atom. The summed E-state index contributed by atoms with van der Waals surface area (Å²) >= 11 is 0. The standard InChI is InChI=1S/C29H38N6O5.C2HF3O2/c1-18(32-24(36)17-25(37)33-22-11-7-20(8-12-22)26(30)31)19-5-9-23(10-6-19)34-27(38)21-13-15-35(16-14-21)28(39)40-29(2,3)4;3-2(4,5)1(6)7/h5-12,18,21H,13-17H2,1-4H3,(H3,30,31)(H,32,36)(H,33,37)(H,34,38);(H,6,7). The van der Waals surface area contributed by atoms with Gasteiger partial charge in [0, 0.05) is 35.9 Å². The molecule has 0 saturated carbocycles. The number of carbonyl (C=O) groups excluding carboxylic acids is 4. The summed E-state index contributed by atoms with van der Waals surface area (Å²) < 4.78 is 37.1. The lowest BCUT2D eigenvalue weighted by molar-refractivity contribution is -0.192. The monoisotopic (exact) mass is 664 g/mol. The zero-order valence-electron chi connectivity index (χ0n) is 26.4. The van der Waals surface area contributed by atoms with E-state index in [1.165, 1.54) is 0 Å². The van der Waals surface area contributed by atoms with Crippen LogP contribution in [-0.4, -0.2) is 70.5 Å². The number of nitrogen functional groups attached to an aromatic ring is 1. The van der Waals surface area contributed by atoms with Crippen molar-refractivity contribution in [3.8, 4) is 0 Å². The van der Waals surface area contributed by atoms with Crippen LogP contribution in [0.25, 0.3) is 0 Å². The minimum absolute atomic E-state index is 0.0703. The number of ether oxygens (including phenoxy) is 1. The third kappa shape index (κ3) is 13.4. The normalized spacial score (nSPS) is 14.1. The molecule has 1 heterocycles. The van der Waals surface area contributed by atoms with E-state index in [0.717, 1.165) is 5.56 Å². The summed E-state index contributed by atoms with van der Waals surface area (Å²) in [5, 5.41) is 22.9. The Bertz CT molecular complexity index is 1430. The summed E-state index contributed by atoms with van der Waals surface area (Å²) in [7, 11) is 0. The molecule has 47 heavy (non-hydrogen) atoms. The first kappa shape index (κ1) is 38.0. The summed E-state index contributed by atoms with van der Waals surface area (Å²) in [6, 6.07) is 13.3. The van der Waals surface area contributed by atoms with Crippen molar-refractivity contribution in [2.24, 2.45) is 11.7 Å². The number of aliphatic carboxylic acids is 1. The highest BCUT2D eigenvalue weighted by Crippen LogP contribution is 2.23. The van der Waals surface area contributed by atoms with Gasteiger partial charge < -0.3 is 36.4 Å². The van der Waals surface area contributed by atoms with Crippen molar-refractivity contribution in [1.82, 2.24) is 10.2 Å². The molecule has 16 heteroatoms. The van der Waals surface area contributed by atoms with Crippen LogP contribution in [0.1, 0.15) is 64.1 Å². The van der Waals surface area contributed by atoms with Gasteiger partial charge in [0.15, 0.2) is 0 Å². The van der Waals surface area contributed by atoms with Crippen LogP contribution in [0.15, 0.2) is 48.5 Å². The highest BCUT2D eigenvalue weighted by Gasteiger charge is 2.38. The molecule has 1 saturated heterocycles. The number of alkyl halides is 3. The predicted octanol–water partition coefficient (Wildman–Crippen LogP) is 4.40. The summed E-state index contributed by atoms with van der Waals surface area (Å²) in [6.45, 7) is 8.21. The van der Waals surface area contributed by atoms with Crippen molar-refractivity contribution in [2.45, 2.75) is 64.8 Å². The summed E-state index contributed by atoms with van der Waals surface area (Å²) in [5.74, 6) is -4.02. The van der Waals surface area contributed by atoms with Gasteiger partial charge in [0.2, 0.25) is 17.7 Å². The molecule has 2 aromatic carbocycles. The van der Waals surface area contributed by atoms with Crippen molar-refractivity contribution < 1.29 is 47.0 Å². The maximum absolute atomic E-state index is 12.8. The van der Waals surface area contributed by atoms with Gasteiger partial charge in [-0.05, 0) is 82.5 Å². The highest BCUT2D eigenvalue weighted by molar-refractivity contribution is 6.04. The van der Waals surface area contributed by atoms with Gasteiger partial charge in [-0.3, -0.25) is 19.8 Å². The zero-order valence-corrected chi connectivity index (χ0v) is 26.4. The van der Waals surface area contributed by atoms with Gasteiger partial charge >= 0.3 is 18.2 Å². The third-order valence-corrected chi connectivity index (χ3v) is 6.62. The third-order valence-electron chi connectivity index (χ3n) is 6.62. The molecule has 1 aliphatic heterocycles. The van der Waals surface area contributed by atoms with Crippen LogP contribution in [0.4, 0.5) is 29.3 Å². The molecule has 1 unspecified atom stereocenters. The average molecular weight is 665 g/mol. The Balaban J connectivity index is 0.000000984. The molecule has 13 nitrogen and oxygen atoms in total. The number of nitrogens with zero attached hydrogens (tertiary/aromatic N) is 1. The van der Waals surface area contributed by atoms with E-state index in [9.17, 15) is 32.3 Å². The first-order chi connectivity index (χ1) is 21.7. The number of carboxylic acid groups (broad SMARTS) is 1. The fourth-order valence-electron chi connectivity index (χ4n) is 4.21. The molecule has 1 atom stereocenters. The van der Waals surface area contributed by atoms with Gasteiger partial charge in [0.05, 0.1) is 6.04 Å². The Hall–Kier alpha value is -5.15. The van der Waals surface area contributed by atoms with Crippen molar-refractivity contribution >= 4 is 47.0 Å². The van der Waals surface area contributed by atoms with E-state index in [1.54, 1.807) is 41.3 Å². The molecule has 4 amide bonds. The van der Waals surface area contributed by atoms with Crippen molar-refractivity contribution in [1.29, 1.82) is 5.41 Å². The first-order valence-electron chi connectivity index (χ1n) is 14.5. The fourth-order valence-corrected chi connectivity index (χ4v) is 4.21. The van der Waals surface area contributed by atoms with Crippen molar-refractivity contribution in [3.63, 3.8) is 0 Å². The summed E-state index contributed by atoms with van der Waals surface area (Å²) in [4.78, 5) is 60.2. The van der Waals surface area contributed by atoms with Gasteiger partial charge in [-0.1, -0.05) is 12.1 Å². The van der Waals surface area contributed by atoms with Gasteiger partial charge in [-0.25, -0.2) is 9.59 Å². The van der Waals surface area contributed by atoms with Crippen LogP contribution < -0.4 is 21.7 Å². The number of nitrogens with one attached hydrogen (secondary N) is 4. The lowest BCUT2D eigenvalue weighted by Crippen LogP contribution is -2.43. The van der Waals surface area contributed by atoms with Crippen molar-refractivity contribution in [2.75, 3.05) is 23.7 Å². The van der Waals surface area contributed by atoms with E-state index in [2.05, 4.69) is 16.0 Å². The Labute approximate surface area is 269 Å². The zero-order chi connectivity index (χ0) is 35.5. The molecule has 256 valence electrons. The van der Waals surface area contributed by atoms with Crippen LogP contribution in [0.2, 0.25) is 0 Å². The van der Waals surface area contributed by atoms with E-state index >= 15 is 0 Å². The van der Waals surface area contributed by atoms with Gasteiger partial charge in [0.1, 0.15) is 17.9 Å². The smallest absolute Gasteiger partial charge is 0.475 e. The van der Waals surface area contributed by atoms with E-state index in [-0.39, 0.29) is 36.2 Å². The minimum atomic E-state index is -5.08. The number of amidine groups is 1. The first-order valence-corrected chi connectivity index (χ1v) is 14.5. The molecule has 3 rings (SSSR count). The molecule has 2 aromatic rings.